The smallest absolute Gasteiger partial charge is 0.407 e. The van der Waals surface area contributed by atoms with Crippen LogP contribution in [-0.2, 0) is 40.0 Å². The highest BCUT2D eigenvalue weighted by Gasteiger charge is 2.32. The summed E-state index contributed by atoms with van der Waals surface area (Å²) in [5, 5.41) is 11.0. The first-order valence-corrected chi connectivity index (χ1v) is 15.3. The van der Waals surface area contributed by atoms with E-state index in [1.54, 1.807) is 20.8 Å². The zero-order valence-electron chi connectivity index (χ0n) is 26.4. The van der Waals surface area contributed by atoms with Gasteiger partial charge in [-0.25, -0.2) is 9.59 Å². The molecule has 0 aromatic heterocycles. The van der Waals surface area contributed by atoms with Gasteiger partial charge in [-0.3, -0.25) is 14.4 Å². The van der Waals surface area contributed by atoms with Gasteiger partial charge >= 0.3 is 12.1 Å². The lowest BCUT2D eigenvalue weighted by molar-refractivity contribution is -0.137. The summed E-state index contributed by atoms with van der Waals surface area (Å²) < 4.78 is 15.7. The summed E-state index contributed by atoms with van der Waals surface area (Å²) in [7, 11) is 0. The van der Waals surface area contributed by atoms with Crippen molar-refractivity contribution in [3.8, 4) is 0 Å². The maximum Gasteiger partial charge on any atom is 0.407 e. The number of hydrogen-bond donors (Lipinski definition) is 4. The second-order valence-electron chi connectivity index (χ2n) is 11.5. The SMILES string of the molecule is CCOC(=O)/C=C/[C@H](C[C@@H]1CCNC1=O)NC(=O)[C@H](CC(C)C)NC(=O)[C@@H](NC(=O)OCCOCc1ccccc1)C(C)C. The number of alkyl carbamates (subject to hydrolysis) is 1. The second-order valence-corrected chi connectivity index (χ2v) is 11.5. The third-order valence-corrected chi connectivity index (χ3v) is 6.92. The number of ether oxygens (including phenoxy) is 3. The molecule has 1 aromatic rings. The Balaban J connectivity index is 2.00. The highest BCUT2D eigenvalue weighted by Crippen LogP contribution is 2.18. The van der Waals surface area contributed by atoms with Crippen molar-refractivity contribution in [2.24, 2.45) is 17.8 Å². The Morgan fingerprint density at radius 3 is 2.32 bits per heavy atom. The van der Waals surface area contributed by atoms with Gasteiger partial charge in [0, 0.05) is 24.6 Å². The molecule has 1 aliphatic heterocycles. The van der Waals surface area contributed by atoms with Crippen molar-refractivity contribution in [3.63, 3.8) is 0 Å². The molecule has 1 saturated heterocycles. The molecular weight excluding hydrogens is 568 g/mol. The van der Waals surface area contributed by atoms with E-state index in [1.165, 1.54) is 12.2 Å². The van der Waals surface area contributed by atoms with E-state index in [0.717, 1.165) is 5.56 Å². The van der Waals surface area contributed by atoms with Crippen LogP contribution in [0.15, 0.2) is 42.5 Å². The Kier molecular flexibility index (Phi) is 16.0. The maximum atomic E-state index is 13.5. The largest absolute Gasteiger partial charge is 0.463 e. The molecular formula is C32H48N4O8. The summed E-state index contributed by atoms with van der Waals surface area (Å²) in [6.07, 6.45) is 3.19. The van der Waals surface area contributed by atoms with Crippen LogP contribution in [0.1, 0.15) is 59.4 Å². The van der Waals surface area contributed by atoms with Crippen LogP contribution in [-0.4, -0.2) is 74.3 Å². The molecule has 0 unspecified atom stereocenters. The zero-order valence-corrected chi connectivity index (χ0v) is 26.4. The quantitative estimate of drug-likeness (QED) is 0.111. The molecule has 12 nitrogen and oxygen atoms in total. The summed E-state index contributed by atoms with van der Waals surface area (Å²) in [5.74, 6) is -2.25. The number of carbonyl (C=O) groups is 5. The third-order valence-electron chi connectivity index (χ3n) is 6.92. The van der Waals surface area contributed by atoms with E-state index in [4.69, 9.17) is 14.2 Å². The molecule has 1 aromatic carbocycles. The molecule has 4 amide bonds. The number of benzene rings is 1. The third kappa shape index (κ3) is 13.6. The standard InChI is InChI=1S/C32H48N4O8/c1-6-43-27(37)13-12-25(19-24-14-15-33-29(24)38)34-30(39)26(18-21(2)3)35-31(40)28(22(4)5)36-32(41)44-17-16-42-20-23-10-8-7-9-11-23/h7-13,21-22,24-26,28H,6,14-20H2,1-5H3,(H,33,38)(H,34,39)(H,35,40)(H,36,41)/b13-12+/t24-,25+,26-,28-/m0/s1. The molecule has 1 heterocycles. The molecule has 0 radical (unpaired) electrons. The van der Waals surface area contributed by atoms with Gasteiger partial charge in [-0.1, -0.05) is 64.1 Å². The van der Waals surface area contributed by atoms with Crippen LogP contribution in [0.5, 0.6) is 0 Å². The predicted octanol–water partition coefficient (Wildman–Crippen LogP) is 2.62. The van der Waals surface area contributed by atoms with Gasteiger partial charge in [0.25, 0.3) is 0 Å². The number of rotatable bonds is 18. The van der Waals surface area contributed by atoms with Gasteiger partial charge in [0.15, 0.2) is 0 Å². The molecule has 0 aliphatic carbocycles. The molecule has 2 rings (SSSR count). The van der Waals surface area contributed by atoms with E-state index in [1.807, 2.05) is 44.2 Å². The van der Waals surface area contributed by atoms with Crippen LogP contribution in [0.25, 0.3) is 0 Å². The van der Waals surface area contributed by atoms with Crippen molar-refractivity contribution >= 4 is 29.8 Å². The molecule has 4 atom stereocenters. The fourth-order valence-electron chi connectivity index (χ4n) is 4.66. The molecule has 0 saturated carbocycles. The Labute approximate surface area is 260 Å². The van der Waals surface area contributed by atoms with Crippen molar-refractivity contribution in [1.29, 1.82) is 0 Å². The Hall–Kier alpha value is -3.93. The van der Waals surface area contributed by atoms with Crippen molar-refractivity contribution in [3.05, 3.63) is 48.0 Å². The molecule has 44 heavy (non-hydrogen) atoms. The minimum Gasteiger partial charge on any atom is -0.463 e. The Morgan fingerprint density at radius 2 is 1.70 bits per heavy atom. The van der Waals surface area contributed by atoms with Crippen LogP contribution < -0.4 is 21.3 Å². The highest BCUT2D eigenvalue weighted by atomic mass is 16.6. The molecule has 244 valence electrons. The number of esters is 1. The summed E-state index contributed by atoms with van der Waals surface area (Å²) in [6.45, 7) is 10.4. The van der Waals surface area contributed by atoms with Crippen molar-refractivity contribution in [1.82, 2.24) is 21.3 Å². The van der Waals surface area contributed by atoms with Crippen LogP contribution in [0, 0.1) is 17.8 Å². The van der Waals surface area contributed by atoms with Crippen molar-refractivity contribution in [2.75, 3.05) is 26.4 Å². The molecule has 0 spiro atoms. The van der Waals surface area contributed by atoms with E-state index >= 15 is 0 Å². The predicted molar refractivity (Wildman–Crippen MR) is 164 cm³/mol. The first-order chi connectivity index (χ1) is 21.0. The number of hydrogen-bond acceptors (Lipinski definition) is 8. The van der Waals surface area contributed by atoms with Gasteiger partial charge in [-0.2, -0.15) is 0 Å². The van der Waals surface area contributed by atoms with Gasteiger partial charge in [-0.15, -0.1) is 0 Å². The summed E-state index contributed by atoms with van der Waals surface area (Å²) in [4.78, 5) is 63.4. The van der Waals surface area contributed by atoms with Crippen LogP contribution in [0.3, 0.4) is 0 Å². The lowest BCUT2D eigenvalue weighted by Crippen LogP contribution is -2.56. The molecule has 0 bridgehead atoms. The molecule has 12 heteroatoms. The number of amides is 4. The first-order valence-electron chi connectivity index (χ1n) is 15.3. The minimum absolute atomic E-state index is 0.00318. The Bertz CT molecular complexity index is 1110. The monoisotopic (exact) mass is 616 g/mol. The average molecular weight is 617 g/mol. The topological polar surface area (TPSA) is 161 Å². The average Bonchev–Trinajstić information content (AvgIpc) is 3.38. The van der Waals surface area contributed by atoms with E-state index in [9.17, 15) is 24.0 Å². The summed E-state index contributed by atoms with van der Waals surface area (Å²) >= 11 is 0. The minimum atomic E-state index is -0.961. The molecule has 1 fully saturated rings. The van der Waals surface area contributed by atoms with E-state index in [2.05, 4.69) is 21.3 Å². The summed E-state index contributed by atoms with van der Waals surface area (Å²) in [5.41, 5.74) is 0.999. The molecule has 1 aliphatic rings. The summed E-state index contributed by atoms with van der Waals surface area (Å²) in [6, 6.07) is 7.06. The second kappa shape index (κ2) is 19.4. The first kappa shape index (κ1) is 36.3. The van der Waals surface area contributed by atoms with Crippen molar-refractivity contribution in [2.45, 2.75) is 78.6 Å². The normalized spacial score (nSPS) is 16.7. The van der Waals surface area contributed by atoms with Gasteiger partial charge in [-0.05, 0) is 43.6 Å². The zero-order chi connectivity index (χ0) is 32.5. The van der Waals surface area contributed by atoms with E-state index in [0.29, 0.717) is 26.0 Å². The fourth-order valence-corrected chi connectivity index (χ4v) is 4.66. The van der Waals surface area contributed by atoms with Gasteiger partial charge in [0.2, 0.25) is 17.7 Å². The Morgan fingerprint density at radius 1 is 0.977 bits per heavy atom. The van der Waals surface area contributed by atoms with Crippen LogP contribution in [0.4, 0.5) is 4.79 Å². The molecule has 4 N–H and O–H groups in total. The van der Waals surface area contributed by atoms with E-state index in [-0.39, 0.29) is 49.9 Å². The highest BCUT2D eigenvalue weighted by molar-refractivity contribution is 5.92. The fraction of sp³-hybridized carbons (Fsp3) is 0.594. The van der Waals surface area contributed by atoms with Crippen LogP contribution in [0.2, 0.25) is 0 Å². The van der Waals surface area contributed by atoms with Gasteiger partial charge < -0.3 is 35.5 Å². The van der Waals surface area contributed by atoms with Gasteiger partial charge in [0.1, 0.15) is 18.7 Å². The van der Waals surface area contributed by atoms with Crippen LogP contribution >= 0.6 is 0 Å². The number of carbonyl (C=O) groups excluding carboxylic acids is 5. The van der Waals surface area contributed by atoms with Crippen molar-refractivity contribution < 1.29 is 38.2 Å². The maximum absolute atomic E-state index is 13.5. The van der Waals surface area contributed by atoms with Gasteiger partial charge in [0.05, 0.1) is 19.8 Å². The lowest BCUT2D eigenvalue weighted by Gasteiger charge is -2.27. The number of nitrogens with one attached hydrogen (secondary N) is 4. The van der Waals surface area contributed by atoms with E-state index < -0.39 is 42.0 Å². The lowest BCUT2D eigenvalue weighted by atomic mass is 9.96.